The fourth-order valence-electron chi connectivity index (χ4n) is 1.89. The zero-order valence-corrected chi connectivity index (χ0v) is 12.2. The van der Waals surface area contributed by atoms with Crippen LogP contribution in [0.2, 0.25) is 0 Å². The standard InChI is InChI=1S/C12H17N3O.2ClH/c1-9-3-4-11(7-14-9)12(16)15-6-5-13-10(2)8-15;;/h3-4,7,10,13H,5-6,8H2,1-2H3;2*1H/t10-;;/m0../s1. The molecular formula is C12H19Cl2N3O. The number of halogens is 2. The molecule has 0 aliphatic carbocycles. The summed E-state index contributed by atoms with van der Waals surface area (Å²) in [5, 5.41) is 3.32. The Hall–Kier alpha value is -0.840. The van der Waals surface area contributed by atoms with Crippen LogP contribution in [0.1, 0.15) is 23.0 Å². The topological polar surface area (TPSA) is 45.2 Å². The van der Waals surface area contributed by atoms with Crippen molar-refractivity contribution in [1.29, 1.82) is 0 Å². The van der Waals surface area contributed by atoms with Crippen LogP contribution in [-0.2, 0) is 0 Å². The van der Waals surface area contributed by atoms with Crippen molar-refractivity contribution < 1.29 is 4.79 Å². The predicted octanol–water partition coefficient (Wildman–Crippen LogP) is 1.67. The number of amides is 1. The molecule has 0 unspecified atom stereocenters. The summed E-state index contributed by atoms with van der Waals surface area (Å²) in [7, 11) is 0. The molecule has 1 atom stereocenters. The Morgan fingerprint density at radius 3 is 2.72 bits per heavy atom. The molecule has 0 bridgehead atoms. The third kappa shape index (κ3) is 4.12. The SMILES string of the molecule is Cc1ccc(C(=O)N2CCN[C@@H](C)C2)cn1.Cl.Cl. The van der Waals surface area contributed by atoms with Crippen molar-refractivity contribution in [2.75, 3.05) is 19.6 Å². The van der Waals surface area contributed by atoms with Gasteiger partial charge in [0, 0.05) is 37.6 Å². The monoisotopic (exact) mass is 291 g/mol. The van der Waals surface area contributed by atoms with Crippen molar-refractivity contribution >= 4 is 30.7 Å². The second-order valence-corrected chi connectivity index (χ2v) is 4.29. The van der Waals surface area contributed by atoms with Gasteiger partial charge in [-0.25, -0.2) is 0 Å². The number of pyridine rings is 1. The lowest BCUT2D eigenvalue weighted by molar-refractivity contribution is 0.0708. The molecule has 1 amide bonds. The molecule has 0 saturated carbocycles. The molecule has 1 aliphatic heterocycles. The first kappa shape index (κ1) is 17.2. The maximum absolute atomic E-state index is 12.1. The minimum atomic E-state index is 0. The molecule has 4 nitrogen and oxygen atoms in total. The summed E-state index contributed by atoms with van der Waals surface area (Å²) in [6.45, 7) is 6.42. The van der Waals surface area contributed by atoms with Gasteiger partial charge in [-0.1, -0.05) is 0 Å². The van der Waals surface area contributed by atoms with Gasteiger partial charge in [0.25, 0.3) is 5.91 Å². The quantitative estimate of drug-likeness (QED) is 0.856. The van der Waals surface area contributed by atoms with Gasteiger partial charge in [0.05, 0.1) is 5.56 Å². The van der Waals surface area contributed by atoms with Crippen molar-refractivity contribution in [3.05, 3.63) is 29.6 Å². The van der Waals surface area contributed by atoms with Gasteiger partial charge in [0.15, 0.2) is 0 Å². The summed E-state index contributed by atoms with van der Waals surface area (Å²) in [5.41, 5.74) is 1.62. The molecule has 1 saturated heterocycles. The van der Waals surface area contributed by atoms with E-state index >= 15 is 0 Å². The Morgan fingerprint density at radius 1 is 1.44 bits per heavy atom. The van der Waals surface area contributed by atoms with Crippen LogP contribution in [-0.4, -0.2) is 41.5 Å². The number of aromatic nitrogens is 1. The second kappa shape index (κ2) is 7.56. The highest BCUT2D eigenvalue weighted by Crippen LogP contribution is 2.07. The number of aryl methyl sites for hydroxylation is 1. The lowest BCUT2D eigenvalue weighted by Crippen LogP contribution is -2.51. The molecule has 1 aromatic rings. The largest absolute Gasteiger partial charge is 0.336 e. The van der Waals surface area contributed by atoms with Crippen LogP contribution in [0.25, 0.3) is 0 Å². The number of carbonyl (C=O) groups is 1. The van der Waals surface area contributed by atoms with E-state index in [1.54, 1.807) is 6.20 Å². The molecule has 6 heteroatoms. The highest BCUT2D eigenvalue weighted by molar-refractivity contribution is 5.94. The summed E-state index contributed by atoms with van der Waals surface area (Å²) in [6, 6.07) is 4.09. The number of carbonyl (C=O) groups excluding carboxylic acids is 1. The molecule has 2 rings (SSSR count). The van der Waals surface area contributed by atoms with Gasteiger partial charge in [-0.15, -0.1) is 24.8 Å². The Kier molecular flexibility index (Phi) is 7.21. The van der Waals surface area contributed by atoms with Gasteiger partial charge in [-0.05, 0) is 26.0 Å². The summed E-state index contributed by atoms with van der Waals surface area (Å²) in [6.07, 6.45) is 1.66. The zero-order valence-electron chi connectivity index (χ0n) is 10.5. The van der Waals surface area contributed by atoms with Gasteiger partial charge < -0.3 is 10.2 Å². The maximum Gasteiger partial charge on any atom is 0.255 e. The summed E-state index contributed by atoms with van der Waals surface area (Å²) in [4.78, 5) is 18.1. The molecule has 1 N–H and O–H groups in total. The van der Waals surface area contributed by atoms with E-state index in [-0.39, 0.29) is 30.7 Å². The normalized spacial score (nSPS) is 18.6. The fraction of sp³-hybridized carbons (Fsp3) is 0.500. The Morgan fingerprint density at radius 2 is 2.17 bits per heavy atom. The number of hydrogen-bond donors (Lipinski definition) is 1. The molecule has 0 aromatic carbocycles. The van der Waals surface area contributed by atoms with Crippen LogP contribution in [0, 0.1) is 6.92 Å². The van der Waals surface area contributed by atoms with Crippen LogP contribution in [0.15, 0.2) is 18.3 Å². The van der Waals surface area contributed by atoms with Crippen LogP contribution in [0.5, 0.6) is 0 Å². The smallest absolute Gasteiger partial charge is 0.255 e. The minimum absolute atomic E-state index is 0. The summed E-state index contributed by atoms with van der Waals surface area (Å²) < 4.78 is 0. The number of rotatable bonds is 1. The molecule has 2 heterocycles. The van der Waals surface area contributed by atoms with E-state index in [2.05, 4.69) is 17.2 Å². The first-order chi connectivity index (χ1) is 7.66. The van der Waals surface area contributed by atoms with Crippen molar-refractivity contribution in [3.8, 4) is 0 Å². The van der Waals surface area contributed by atoms with Crippen molar-refractivity contribution in [2.24, 2.45) is 0 Å². The first-order valence-corrected chi connectivity index (χ1v) is 5.62. The second-order valence-electron chi connectivity index (χ2n) is 4.29. The van der Waals surface area contributed by atoms with Crippen molar-refractivity contribution in [2.45, 2.75) is 19.9 Å². The third-order valence-corrected chi connectivity index (χ3v) is 2.81. The number of nitrogens with one attached hydrogen (secondary N) is 1. The van der Waals surface area contributed by atoms with Crippen molar-refractivity contribution in [1.82, 2.24) is 15.2 Å². The highest BCUT2D eigenvalue weighted by Gasteiger charge is 2.21. The Balaban J connectivity index is 0.00000144. The fourth-order valence-corrected chi connectivity index (χ4v) is 1.89. The lowest BCUT2D eigenvalue weighted by Gasteiger charge is -2.31. The van der Waals surface area contributed by atoms with E-state index in [0.717, 1.165) is 25.3 Å². The van der Waals surface area contributed by atoms with E-state index < -0.39 is 0 Å². The third-order valence-electron chi connectivity index (χ3n) is 2.81. The van der Waals surface area contributed by atoms with Crippen molar-refractivity contribution in [3.63, 3.8) is 0 Å². The van der Waals surface area contributed by atoms with Crippen LogP contribution >= 0.6 is 24.8 Å². The molecule has 0 spiro atoms. The van der Waals surface area contributed by atoms with Crippen LogP contribution < -0.4 is 5.32 Å². The summed E-state index contributed by atoms with van der Waals surface area (Å²) in [5.74, 6) is 0.0841. The van der Waals surface area contributed by atoms with Crippen LogP contribution in [0.4, 0.5) is 0 Å². The van der Waals surface area contributed by atoms with Gasteiger partial charge in [-0.2, -0.15) is 0 Å². The number of nitrogens with zero attached hydrogens (tertiary/aromatic N) is 2. The lowest BCUT2D eigenvalue weighted by atomic mass is 10.2. The maximum atomic E-state index is 12.1. The average molecular weight is 292 g/mol. The Bertz CT molecular complexity index is 383. The van der Waals surface area contributed by atoms with Crippen LogP contribution in [0.3, 0.4) is 0 Å². The van der Waals surface area contributed by atoms with E-state index in [0.29, 0.717) is 11.6 Å². The van der Waals surface area contributed by atoms with E-state index in [4.69, 9.17) is 0 Å². The number of hydrogen-bond acceptors (Lipinski definition) is 3. The van der Waals surface area contributed by atoms with E-state index in [9.17, 15) is 4.79 Å². The molecule has 1 fully saturated rings. The molecule has 0 radical (unpaired) electrons. The minimum Gasteiger partial charge on any atom is -0.336 e. The van der Waals surface area contributed by atoms with E-state index in [1.807, 2.05) is 24.0 Å². The van der Waals surface area contributed by atoms with Gasteiger partial charge in [0.2, 0.25) is 0 Å². The molecule has 18 heavy (non-hydrogen) atoms. The predicted molar refractivity (Wildman–Crippen MR) is 76.8 cm³/mol. The zero-order chi connectivity index (χ0) is 11.5. The average Bonchev–Trinajstić information content (AvgIpc) is 2.29. The highest BCUT2D eigenvalue weighted by atomic mass is 35.5. The molecule has 102 valence electrons. The first-order valence-electron chi connectivity index (χ1n) is 5.62. The Labute approximate surface area is 120 Å². The molecule has 1 aromatic heterocycles. The van der Waals surface area contributed by atoms with Gasteiger partial charge >= 0.3 is 0 Å². The molecule has 1 aliphatic rings. The number of piperazine rings is 1. The molecular weight excluding hydrogens is 273 g/mol. The summed E-state index contributed by atoms with van der Waals surface area (Å²) >= 11 is 0. The van der Waals surface area contributed by atoms with Gasteiger partial charge in [-0.3, -0.25) is 9.78 Å². The van der Waals surface area contributed by atoms with Gasteiger partial charge in [0.1, 0.15) is 0 Å². The van der Waals surface area contributed by atoms with E-state index in [1.165, 1.54) is 0 Å².